The molecule has 0 saturated carbocycles. The first-order chi connectivity index (χ1) is 4.88. The molecular weight excluding hydrogens is 126 g/mol. The smallest absolute Gasteiger partial charge is 0.170 e. The average Bonchev–Trinajstić information content (AvgIpc) is 2.36. The lowest BCUT2D eigenvalue weighted by atomic mass is 10.2. The van der Waals surface area contributed by atoms with Crippen molar-refractivity contribution in [2.75, 3.05) is 0 Å². The molecule has 0 spiro atoms. The van der Waals surface area contributed by atoms with Gasteiger partial charge in [0.15, 0.2) is 5.58 Å². The van der Waals surface area contributed by atoms with E-state index in [1.54, 1.807) is 0 Å². The molecule has 0 aliphatic heterocycles. The molecule has 1 aromatic carbocycles. The van der Waals surface area contributed by atoms with Gasteiger partial charge in [0.25, 0.3) is 0 Å². The van der Waals surface area contributed by atoms with Gasteiger partial charge in [-0.05, 0) is 18.6 Å². The van der Waals surface area contributed by atoms with Crippen molar-refractivity contribution >= 4 is 11.0 Å². The Kier molecular flexibility index (Phi) is 1.01. The van der Waals surface area contributed by atoms with Gasteiger partial charge >= 0.3 is 0 Å². The van der Waals surface area contributed by atoms with E-state index in [0.29, 0.717) is 0 Å². The zero-order valence-electron chi connectivity index (χ0n) is 5.59. The van der Waals surface area contributed by atoms with Crippen molar-refractivity contribution in [3.05, 3.63) is 30.0 Å². The van der Waals surface area contributed by atoms with Crippen molar-refractivity contribution in [1.82, 2.24) is 5.16 Å². The van der Waals surface area contributed by atoms with Gasteiger partial charge in [0, 0.05) is 0 Å². The molecule has 2 aromatic rings. The molecule has 0 saturated heterocycles. The lowest BCUT2D eigenvalue weighted by Crippen LogP contribution is -1.69. The molecule has 1 radical (unpaired) electrons. The Morgan fingerprint density at radius 3 is 3.20 bits per heavy atom. The van der Waals surface area contributed by atoms with Crippen LogP contribution in [0, 0.1) is 13.1 Å². The van der Waals surface area contributed by atoms with Gasteiger partial charge in [0.1, 0.15) is 6.20 Å². The molecule has 0 amide bonds. The van der Waals surface area contributed by atoms with E-state index in [-0.39, 0.29) is 0 Å². The molecule has 1 aromatic heterocycles. The van der Waals surface area contributed by atoms with Crippen LogP contribution in [-0.2, 0) is 0 Å². The molecule has 49 valence electrons. The highest BCUT2D eigenvalue weighted by Gasteiger charge is 1.99. The largest absolute Gasteiger partial charge is 0.355 e. The summed E-state index contributed by atoms with van der Waals surface area (Å²) in [5, 5.41) is 4.51. The van der Waals surface area contributed by atoms with Crippen LogP contribution < -0.4 is 0 Å². The highest BCUT2D eigenvalue weighted by Crippen LogP contribution is 2.15. The highest BCUT2D eigenvalue weighted by molar-refractivity contribution is 5.78. The molecule has 0 aliphatic carbocycles. The van der Waals surface area contributed by atoms with E-state index < -0.39 is 0 Å². The lowest BCUT2D eigenvalue weighted by Gasteiger charge is -1.88. The quantitative estimate of drug-likeness (QED) is 0.547. The van der Waals surface area contributed by atoms with Crippen LogP contribution in [0.2, 0.25) is 0 Å². The van der Waals surface area contributed by atoms with E-state index in [4.69, 9.17) is 4.52 Å². The third kappa shape index (κ3) is 0.620. The second-order valence-corrected chi connectivity index (χ2v) is 2.25. The second-order valence-electron chi connectivity index (χ2n) is 2.25. The zero-order valence-corrected chi connectivity index (χ0v) is 5.59. The van der Waals surface area contributed by atoms with Crippen LogP contribution >= 0.6 is 0 Å². The molecule has 2 rings (SSSR count). The normalized spacial score (nSPS) is 10.5. The van der Waals surface area contributed by atoms with Crippen LogP contribution in [0.25, 0.3) is 11.0 Å². The van der Waals surface area contributed by atoms with Crippen LogP contribution in [0.15, 0.2) is 22.7 Å². The number of fused-ring (bicyclic) bond motifs is 1. The van der Waals surface area contributed by atoms with E-state index in [9.17, 15) is 0 Å². The first kappa shape index (κ1) is 5.47. The number of hydrogen-bond acceptors (Lipinski definition) is 2. The van der Waals surface area contributed by atoms with Gasteiger partial charge in [-0.2, -0.15) is 0 Å². The molecule has 0 atom stereocenters. The molecular formula is C8H6NO. The van der Waals surface area contributed by atoms with Crippen molar-refractivity contribution in [2.45, 2.75) is 6.92 Å². The number of aryl methyl sites for hydroxylation is 1. The summed E-state index contributed by atoms with van der Waals surface area (Å²) < 4.78 is 4.94. The van der Waals surface area contributed by atoms with Gasteiger partial charge in [-0.1, -0.05) is 17.3 Å². The Morgan fingerprint density at radius 1 is 1.50 bits per heavy atom. The van der Waals surface area contributed by atoms with Crippen molar-refractivity contribution in [1.29, 1.82) is 0 Å². The minimum absolute atomic E-state index is 0.836. The SMILES string of the molecule is Cc1cccc2[c]noc12. The van der Waals surface area contributed by atoms with Crippen molar-refractivity contribution in [3.8, 4) is 0 Å². The Labute approximate surface area is 58.4 Å². The van der Waals surface area contributed by atoms with Gasteiger partial charge in [0.05, 0.1) is 5.39 Å². The van der Waals surface area contributed by atoms with Crippen molar-refractivity contribution in [2.24, 2.45) is 0 Å². The van der Waals surface area contributed by atoms with Crippen LogP contribution in [0.3, 0.4) is 0 Å². The first-order valence-corrected chi connectivity index (χ1v) is 3.10. The second kappa shape index (κ2) is 1.84. The maximum Gasteiger partial charge on any atom is 0.170 e. The highest BCUT2D eigenvalue weighted by atomic mass is 16.5. The Balaban J connectivity index is 2.95. The van der Waals surface area contributed by atoms with Gasteiger partial charge in [-0.25, -0.2) is 0 Å². The molecule has 0 N–H and O–H groups in total. The first-order valence-electron chi connectivity index (χ1n) is 3.10. The van der Waals surface area contributed by atoms with E-state index in [0.717, 1.165) is 16.5 Å². The molecule has 1 heterocycles. The molecule has 0 fully saturated rings. The summed E-state index contributed by atoms with van der Waals surface area (Å²) in [4.78, 5) is 0. The molecule has 0 unspecified atom stereocenters. The third-order valence-electron chi connectivity index (χ3n) is 1.51. The van der Waals surface area contributed by atoms with Gasteiger partial charge in [-0.15, -0.1) is 0 Å². The summed E-state index contributed by atoms with van der Waals surface area (Å²) in [5.74, 6) is 0. The summed E-state index contributed by atoms with van der Waals surface area (Å²) in [7, 11) is 0. The Morgan fingerprint density at radius 2 is 2.40 bits per heavy atom. The van der Waals surface area contributed by atoms with Crippen LogP contribution in [0.5, 0.6) is 0 Å². The maximum absolute atomic E-state index is 4.94. The fourth-order valence-electron chi connectivity index (χ4n) is 0.979. The topological polar surface area (TPSA) is 26.0 Å². The number of aromatic nitrogens is 1. The molecule has 10 heavy (non-hydrogen) atoms. The predicted molar refractivity (Wildman–Crippen MR) is 37.6 cm³/mol. The molecule has 0 aliphatic rings. The van der Waals surface area contributed by atoms with Crippen molar-refractivity contribution in [3.63, 3.8) is 0 Å². The Hall–Kier alpha value is -1.31. The Bertz CT molecular complexity index is 351. The predicted octanol–water partition coefficient (Wildman–Crippen LogP) is 1.94. The van der Waals surface area contributed by atoms with Crippen LogP contribution in [0.1, 0.15) is 5.56 Å². The van der Waals surface area contributed by atoms with Crippen LogP contribution in [-0.4, -0.2) is 5.16 Å². The van der Waals surface area contributed by atoms with E-state index in [2.05, 4.69) is 11.4 Å². The standard InChI is InChI=1S/C8H6NO/c1-6-3-2-4-7-5-9-10-8(6)7/h2-4H,1H3. The van der Waals surface area contributed by atoms with Gasteiger partial charge in [0.2, 0.25) is 0 Å². The zero-order chi connectivity index (χ0) is 6.97. The molecule has 2 heteroatoms. The lowest BCUT2D eigenvalue weighted by molar-refractivity contribution is 0.453. The monoisotopic (exact) mass is 132 g/mol. The number of benzene rings is 1. The number of hydrogen-bond donors (Lipinski definition) is 0. The summed E-state index contributed by atoms with van der Waals surface area (Å²) in [5.41, 5.74) is 1.94. The minimum Gasteiger partial charge on any atom is -0.355 e. The fraction of sp³-hybridized carbons (Fsp3) is 0.125. The summed E-state index contributed by atoms with van der Waals surface area (Å²) in [6.07, 6.45) is 2.74. The fourth-order valence-corrected chi connectivity index (χ4v) is 0.979. The third-order valence-corrected chi connectivity index (χ3v) is 1.51. The molecule has 0 bridgehead atoms. The number of para-hydroxylation sites is 1. The summed E-state index contributed by atoms with van der Waals surface area (Å²) >= 11 is 0. The minimum atomic E-state index is 0.836. The number of rotatable bonds is 0. The van der Waals surface area contributed by atoms with Gasteiger partial charge in [-0.3, -0.25) is 0 Å². The maximum atomic E-state index is 4.94. The van der Waals surface area contributed by atoms with Gasteiger partial charge < -0.3 is 4.52 Å². The molecule has 2 nitrogen and oxygen atoms in total. The van der Waals surface area contributed by atoms with E-state index in [1.807, 2.05) is 25.1 Å². The number of nitrogens with zero attached hydrogens (tertiary/aromatic N) is 1. The van der Waals surface area contributed by atoms with Crippen LogP contribution in [0.4, 0.5) is 0 Å². The summed E-state index contributed by atoms with van der Waals surface area (Å²) in [6.45, 7) is 1.99. The van der Waals surface area contributed by atoms with E-state index >= 15 is 0 Å². The summed E-state index contributed by atoms with van der Waals surface area (Å²) in [6, 6.07) is 5.88. The van der Waals surface area contributed by atoms with Crippen molar-refractivity contribution < 1.29 is 4.52 Å². The van der Waals surface area contributed by atoms with E-state index in [1.165, 1.54) is 0 Å². The average molecular weight is 132 g/mol.